The molecular weight excluding hydrogens is 482 g/mol. The number of anilines is 2. The molecule has 3 N–H and O–H groups in total. The summed E-state index contributed by atoms with van der Waals surface area (Å²) in [5.74, 6) is 0.362. The molecule has 1 fully saturated rings. The van der Waals surface area contributed by atoms with Gasteiger partial charge in [0, 0.05) is 95.0 Å². The van der Waals surface area contributed by atoms with Crippen LogP contribution < -0.4 is 20.4 Å². The SMILES string of the molecule is CNC(=O)N1CCC(NC2CCOCC2)=C(C(=N)N2CCN(C)c3cc(-c4cnn(C)c4)c(C#N)cc32)C1. The lowest BCUT2D eigenvalue weighted by Crippen LogP contribution is -2.50. The van der Waals surface area contributed by atoms with E-state index in [0.717, 1.165) is 66.4 Å². The third kappa shape index (κ3) is 4.91. The van der Waals surface area contributed by atoms with Crippen molar-refractivity contribution in [2.24, 2.45) is 7.05 Å². The number of fused-ring (bicyclic) bond motifs is 1. The van der Waals surface area contributed by atoms with Crippen molar-refractivity contribution in [1.82, 2.24) is 25.3 Å². The lowest BCUT2D eigenvalue weighted by Gasteiger charge is -2.40. The fourth-order valence-corrected chi connectivity index (χ4v) is 5.44. The van der Waals surface area contributed by atoms with Crippen molar-refractivity contribution >= 4 is 23.2 Å². The molecule has 2 aromatic rings. The van der Waals surface area contributed by atoms with Crippen molar-refractivity contribution in [1.29, 1.82) is 10.7 Å². The molecule has 1 aromatic carbocycles. The highest BCUT2D eigenvalue weighted by atomic mass is 16.5. The van der Waals surface area contributed by atoms with Gasteiger partial charge >= 0.3 is 6.03 Å². The van der Waals surface area contributed by atoms with Crippen LogP contribution in [0.1, 0.15) is 24.8 Å². The van der Waals surface area contributed by atoms with Gasteiger partial charge in [-0.2, -0.15) is 10.4 Å². The summed E-state index contributed by atoms with van der Waals surface area (Å²) in [6.45, 7) is 3.73. The zero-order valence-electron chi connectivity index (χ0n) is 22.3. The van der Waals surface area contributed by atoms with Gasteiger partial charge in [-0.15, -0.1) is 0 Å². The first-order valence-corrected chi connectivity index (χ1v) is 13.1. The molecule has 3 aliphatic rings. The highest BCUT2D eigenvalue weighted by Gasteiger charge is 2.32. The van der Waals surface area contributed by atoms with Gasteiger partial charge in [0.1, 0.15) is 5.84 Å². The van der Waals surface area contributed by atoms with Crippen molar-refractivity contribution in [3.63, 3.8) is 0 Å². The summed E-state index contributed by atoms with van der Waals surface area (Å²) < 4.78 is 7.26. The summed E-state index contributed by atoms with van der Waals surface area (Å²) in [5, 5.41) is 30.1. The number of carbonyl (C=O) groups excluding carboxylic acids is 1. The van der Waals surface area contributed by atoms with Crippen molar-refractivity contribution in [2.75, 3.05) is 63.3 Å². The number of aryl methyl sites for hydroxylation is 1. The zero-order valence-corrected chi connectivity index (χ0v) is 22.3. The summed E-state index contributed by atoms with van der Waals surface area (Å²) >= 11 is 0. The minimum atomic E-state index is -0.146. The Morgan fingerprint density at radius 2 is 1.97 bits per heavy atom. The van der Waals surface area contributed by atoms with E-state index in [1.54, 1.807) is 22.8 Å². The molecule has 11 heteroatoms. The number of nitrogens with zero attached hydrogens (tertiary/aromatic N) is 6. The molecule has 5 rings (SSSR count). The van der Waals surface area contributed by atoms with Crippen LogP contribution in [-0.2, 0) is 11.8 Å². The van der Waals surface area contributed by atoms with Gasteiger partial charge in [-0.05, 0) is 25.0 Å². The predicted molar refractivity (Wildman–Crippen MR) is 146 cm³/mol. The summed E-state index contributed by atoms with van der Waals surface area (Å²) in [6, 6.07) is 6.40. The number of likely N-dealkylation sites (N-methyl/N-ethyl adjacent to an activating group) is 1. The number of nitriles is 1. The van der Waals surface area contributed by atoms with Gasteiger partial charge < -0.3 is 30.1 Å². The average molecular weight is 518 g/mol. The fourth-order valence-electron chi connectivity index (χ4n) is 5.44. The molecule has 1 saturated heterocycles. The first-order valence-electron chi connectivity index (χ1n) is 13.1. The fraction of sp³-hybridized carbons (Fsp3) is 0.481. The quantitative estimate of drug-likeness (QED) is 0.420. The average Bonchev–Trinajstić information content (AvgIpc) is 3.38. The number of rotatable bonds is 4. The number of amidine groups is 1. The van der Waals surface area contributed by atoms with E-state index in [2.05, 4.69) is 26.7 Å². The first kappa shape index (κ1) is 25.6. The smallest absolute Gasteiger partial charge is 0.317 e. The van der Waals surface area contributed by atoms with Crippen LogP contribution in [0.3, 0.4) is 0 Å². The second-order valence-corrected chi connectivity index (χ2v) is 10.0. The molecule has 0 unspecified atom stereocenters. The Morgan fingerprint density at radius 3 is 2.66 bits per heavy atom. The summed E-state index contributed by atoms with van der Waals surface area (Å²) in [7, 11) is 5.52. The van der Waals surface area contributed by atoms with E-state index in [-0.39, 0.29) is 6.03 Å². The van der Waals surface area contributed by atoms with Gasteiger partial charge in [-0.25, -0.2) is 4.79 Å². The number of benzene rings is 1. The highest BCUT2D eigenvalue weighted by Crippen LogP contribution is 2.39. The Morgan fingerprint density at radius 1 is 1.18 bits per heavy atom. The molecule has 4 heterocycles. The van der Waals surface area contributed by atoms with Crippen LogP contribution in [0.25, 0.3) is 11.1 Å². The van der Waals surface area contributed by atoms with Gasteiger partial charge in [0.2, 0.25) is 0 Å². The van der Waals surface area contributed by atoms with E-state index in [9.17, 15) is 15.5 Å². The van der Waals surface area contributed by atoms with Crippen molar-refractivity contribution in [3.8, 4) is 17.2 Å². The lowest BCUT2D eigenvalue weighted by atomic mass is 9.97. The van der Waals surface area contributed by atoms with Crippen LogP contribution in [0.2, 0.25) is 0 Å². The topological polar surface area (TPSA) is 126 Å². The van der Waals surface area contributed by atoms with Crippen molar-refractivity contribution in [3.05, 3.63) is 41.4 Å². The monoisotopic (exact) mass is 517 g/mol. The molecule has 2 amide bonds. The second kappa shape index (κ2) is 10.8. The van der Waals surface area contributed by atoms with E-state index in [1.165, 1.54) is 0 Å². The van der Waals surface area contributed by atoms with Crippen LogP contribution in [0.4, 0.5) is 16.2 Å². The Labute approximate surface area is 223 Å². The van der Waals surface area contributed by atoms with Crippen LogP contribution in [0.15, 0.2) is 35.8 Å². The first-order chi connectivity index (χ1) is 18.4. The molecule has 0 spiro atoms. The number of hydrogen-bond donors (Lipinski definition) is 3. The van der Waals surface area contributed by atoms with Crippen LogP contribution >= 0.6 is 0 Å². The number of hydrogen-bond acceptors (Lipinski definition) is 7. The van der Waals surface area contributed by atoms with Gasteiger partial charge in [0.25, 0.3) is 0 Å². The van der Waals surface area contributed by atoms with Crippen molar-refractivity contribution < 1.29 is 9.53 Å². The molecule has 1 aromatic heterocycles. The number of urea groups is 1. The van der Waals surface area contributed by atoms with E-state index in [1.807, 2.05) is 37.3 Å². The highest BCUT2D eigenvalue weighted by molar-refractivity contribution is 6.11. The van der Waals surface area contributed by atoms with E-state index >= 15 is 0 Å². The molecule has 0 radical (unpaired) electrons. The third-order valence-corrected chi connectivity index (χ3v) is 7.61. The zero-order chi connectivity index (χ0) is 26.8. The number of ether oxygens (including phenoxy) is 1. The largest absolute Gasteiger partial charge is 0.385 e. The van der Waals surface area contributed by atoms with E-state index in [4.69, 9.17) is 4.74 Å². The molecule has 0 bridgehead atoms. The van der Waals surface area contributed by atoms with Crippen LogP contribution in [0.5, 0.6) is 0 Å². The maximum atomic E-state index is 12.5. The Kier molecular flexibility index (Phi) is 7.24. The number of carbonyl (C=O) groups is 1. The van der Waals surface area contributed by atoms with Crippen molar-refractivity contribution in [2.45, 2.75) is 25.3 Å². The van der Waals surface area contributed by atoms with E-state index in [0.29, 0.717) is 43.5 Å². The second-order valence-electron chi connectivity index (χ2n) is 10.0. The van der Waals surface area contributed by atoms with Gasteiger partial charge in [-0.3, -0.25) is 10.1 Å². The summed E-state index contributed by atoms with van der Waals surface area (Å²) in [4.78, 5) is 18.4. The molecule has 0 aliphatic carbocycles. The third-order valence-electron chi connectivity index (χ3n) is 7.61. The molecule has 38 heavy (non-hydrogen) atoms. The number of amides is 2. The maximum absolute atomic E-state index is 12.5. The molecule has 0 atom stereocenters. The minimum Gasteiger partial charge on any atom is -0.385 e. The number of aromatic nitrogens is 2. The lowest BCUT2D eigenvalue weighted by molar-refractivity contribution is 0.0798. The standard InChI is InChI=1S/C27H35N9O2/c1-30-27(37)35-7-4-23(32-20-5-10-38-11-6-20)22(17-35)26(29)36-9-8-33(2)24-13-21(18(14-28)12-25(24)36)19-15-31-34(3)16-19/h12-13,15-16,20,29,32H,4-11,17H2,1-3H3,(H,30,37). The van der Waals surface area contributed by atoms with Crippen LogP contribution in [-0.4, -0.2) is 86.1 Å². The Balaban J connectivity index is 1.53. The van der Waals surface area contributed by atoms with E-state index < -0.39 is 0 Å². The van der Waals surface area contributed by atoms with Crippen LogP contribution in [0, 0.1) is 16.7 Å². The Hall–Kier alpha value is -4.04. The summed E-state index contributed by atoms with van der Waals surface area (Å²) in [6.07, 6.45) is 6.17. The molecule has 200 valence electrons. The predicted octanol–water partition coefficient (Wildman–Crippen LogP) is 2.26. The Bertz CT molecular complexity index is 1300. The molecule has 0 saturated carbocycles. The van der Waals surface area contributed by atoms with Gasteiger partial charge in [0.05, 0.1) is 35.7 Å². The normalized spacial score (nSPS) is 18.2. The minimum absolute atomic E-state index is 0.146. The molecule has 11 nitrogen and oxygen atoms in total. The van der Waals surface area contributed by atoms with Gasteiger partial charge in [0.15, 0.2) is 0 Å². The maximum Gasteiger partial charge on any atom is 0.317 e. The number of nitrogens with one attached hydrogen (secondary N) is 3. The molecule has 3 aliphatic heterocycles. The van der Waals surface area contributed by atoms with Gasteiger partial charge in [-0.1, -0.05) is 0 Å². The molecular formula is C27H35N9O2. The summed E-state index contributed by atoms with van der Waals surface area (Å²) in [5.41, 5.74) is 5.86.